The molecule has 2 fully saturated rings. The summed E-state index contributed by atoms with van der Waals surface area (Å²) in [6.07, 6.45) is 5.35. The van der Waals surface area contributed by atoms with E-state index in [4.69, 9.17) is 9.47 Å². The first-order chi connectivity index (χ1) is 10.0. The Kier molecular flexibility index (Phi) is 3.75. The second-order valence-electron chi connectivity index (χ2n) is 6.06. The van der Waals surface area contributed by atoms with Crippen LogP contribution in [0, 0.1) is 6.92 Å². The van der Waals surface area contributed by atoms with Gasteiger partial charge in [0, 0.05) is 39.2 Å². The summed E-state index contributed by atoms with van der Waals surface area (Å²) in [5.41, 5.74) is 1.47. The summed E-state index contributed by atoms with van der Waals surface area (Å²) < 4.78 is 13.2. The molecule has 1 spiro atoms. The van der Waals surface area contributed by atoms with Gasteiger partial charge in [-0.1, -0.05) is 0 Å². The van der Waals surface area contributed by atoms with E-state index in [9.17, 15) is 4.79 Å². The average molecular weight is 293 g/mol. The Morgan fingerprint density at radius 1 is 1.38 bits per heavy atom. The van der Waals surface area contributed by atoms with Gasteiger partial charge in [0.25, 0.3) is 5.91 Å². The van der Waals surface area contributed by atoms with Gasteiger partial charge < -0.3 is 14.4 Å². The number of aryl methyl sites for hydroxylation is 2. The molecule has 1 aliphatic carbocycles. The maximum absolute atomic E-state index is 12.6. The Morgan fingerprint density at radius 3 is 2.52 bits per heavy atom. The lowest BCUT2D eigenvalue weighted by molar-refractivity contribution is -0.182. The molecular weight excluding hydrogens is 270 g/mol. The zero-order valence-electron chi connectivity index (χ0n) is 13.0. The molecule has 1 aromatic rings. The normalized spacial score (nSPS) is 21.9. The Hall–Kier alpha value is -1.40. The fourth-order valence-electron chi connectivity index (χ4n) is 3.38. The van der Waals surface area contributed by atoms with Crippen molar-refractivity contribution in [3.05, 3.63) is 17.5 Å². The molecule has 0 radical (unpaired) electrons. The third kappa shape index (κ3) is 2.70. The quantitative estimate of drug-likeness (QED) is 0.829. The Balaban J connectivity index is 1.65. The summed E-state index contributed by atoms with van der Waals surface area (Å²) in [6.45, 7) is 3.25. The van der Waals surface area contributed by atoms with Crippen LogP contribution in [0.4, 0.5) is 0 Å². The summed E-state index contributed by atoms with van der Waals surface area (Å²) >= 11 is 0. The van der Waals surface area contributed by atoms with Crippen LogP contribution in [-0.2, 0) is 16.5 Å². The highest BCUT2D eigenvalue weighted by atomic mass is 16.7. The van der Waals surface area contributed by atoms with Crippen LogP contribution < -0.4 is 0 Å². The molecule has 116 valence electrons. The van der Waals surface area contributed by atoms with E-state index in [0.29, 0.717) is 18.8 Å². The van der Waals surface area contributed by atoms with Crippen LogP contribution in [0.5, 0.6) is 0 Å². The molecular formula is C15H23N3O3. The van der Waals surface area contributed by atoms with E-state index < -0.39 is 0 Å². The monoisotopic (exact) mass is 293 g/mol. The van der Waals surface area contributed by atoms with Crippen LogP contribution in [0.1, 0.15) is 41.7 Å². The molecule has 1 saturated heterocycles. The average Bonchev–Trinajstić information content (AvgIpc) is 3.05. The molecule has 21 heavy (non-hydrogen) atoms. The molecule has 6 nitrogen and oxygen atoms in total. The molecule has 2 heterocycles. The van der Waals surface area contributed by atoms with E-state index >= 15 is 0 Å². The van der Waals surface area contributed by atoms with Crippen molar-refractivity contribution < 1.29 is 14.3 Å². The standard InChI is InChI=1S/C15H23N3O3/c1-11-13(10-17(2)16-11)14(19)18(3)12-4-6-15(7-5-12)20-8-9-21-15/h10,12H,4-9H2,1-3H3. The van der Waals surface area contributed by atoms with E-state index in [1.165, 1.54) is 0 Å². The third-order valence-corrected chi connectivity index (χ3v) is 4.64. The zero-order chi connectivity index (χ0) is 15.0. The third-order valence-electron chi connectivity index (χ3n) is 4.64. The van der Waals surface area contributed by atoms with Crippen molar-refractivity contribution in [3.63, 3.8) is 0 Å². The van der Waals surface area contributed by atoms with E-state index in [-0.39, 0.29) is 17.7 Å². The van der Waals surface area contributed by atoms with Crippen molar-refractivity contribution in [2.45, 2.75) is 44.4 Å². The lowest BCUT2D eigenvalue weighted by Crippen LogP contribution is -2.45. The number of amides is 1. The minimum absolute atomic E-state index is 0.0507. The first-order valence-corrected chi connectivity index (χ1v) is 7.56. The van der Waals surface area contributed by atoms with Crippen molar-refractivity contribution in [1.29, 1.82) is 0 Å². The largest absolute Gasteiger partial charge is 0.348 e. The van der Waals surface area contributed by atoms with Gasteiger partial charge in [-0.3, -0.25) is 9.48 Å². The van der Waals surface area contributed by atoms with E-state index in [2.05, 4.69) is 5.10 Å². The van der Waals surface area contributed by atoms with Gasteiger partial charge in [0.15, 0.2) is 5.79 Å². The SMILES string of the molecule is Cc1nn(C)cc1C(=O)N(C)C1CCC2(CC1)OCCO2. The number of ether oxygens (including phenoxy) is 2. The smallest absolute Gasteiger partial charge is 0.257 e. The molecule has 0 unspecified atom stereocenters. The van der Waals surface area contributed by atoms with Crippen molar-refractivity contribution in [3.8, 4) is 0 Å². The van der Waals surface area contributed by atoms with Gasteiger partial charge in [-0.25, -0.2) is 0 Å². The van der Waals surface area contributed by atoms with Gasteiger partial charge in [0.1, 0.15) is 0 Å². The summed E-state index contributed by atoms with van der Waals surface area (Å²) in [5.74, 6) is -0.320. The maximum atomic E-state index is 12.6. The van der Waals surface area contributed by atoms with Crippen LogP contribution in [0.3, 0.4) is 0 Å². The van der Waals surface area contributed by atoms with Gasteiger partial charge in [-0.15, -0.1) is 0 Å². The molecule has 1 amide bonds. The highest BCUT2D eigenvalue weighted by molar-refractivity contribution is 5.95. The van der Waals surface area contributed by atoms with Gasteiger partial charge >= 0.3 is 0 Å². The van der Waals surface area contributed by atoms with E-state index in [0.717, 1.165) is 31.4 Å². The van der Waals surface area contributed by atoms with Crippen LogP contribution in [0.15, 0.2) is 6.20 Å². The summed E-state index contributed by atoms with van der Waals surface area (Å²) in [7, 11) is 3.72. The van der Waals surface area contributed by atoms with Gasteiger partial charge in [0.2, 0.25) is 0 Å². The highest BCUT2D eigenvalue weighted by Gasteiger charge is 2.41. The van der Waals surface area contributed by atoms with Crippen LogP contribution >= 0.6 is 0 Å². The van der Waals surface area contributed by atoms with Crippen LogP contribution in [-0.4, -0.2) is 52.7 Å². The molecule has 1 aromatic heterocycles. The van der Waals surface area contributed by atoms with Crippen LogP contribution in [0.2, 0.25) is 0 Å². The second-order valence-corrected chi connectivity index (χ2v) is 6.06. The first-order valence-electron chi connectivity index (χ1n) is 7.56. The number of rotatable bonds is 2. The fraction of sp³-hybridized carbons (Fsp3) is 0.733. The molecule has 0 N–H and O–H groups in total. The molecule has 2 aliphatic rings. The topological polar surface area (TPSA) is 56.6 Å². The lowest BCUT2D eigenvalue weighted by Gasteiger charge is -2.39. The number of carbonyl (C=O) groups is 1. The number of carbonyl (C=O) groups excluding carboxylic acids is 1. The van der Waals surface area contributed by atoms with Crippen molar-refractivity contribution in [1.82, 2.24) is 14.7 Å². The van der Waals surface area contributed by atoms with Crippen LogP contribution in [0.25, 0.3) is 0 Å². The number of hydrogen-bond acceptors (Lipinski definition) is 4. The molecule has 1 aliphatic heterocycles. The Labute approximate surface area is 125 Å². The molecule has 0 aromatic carbocycles. The second kappa shape index (κ2) is 5.42. The molecule has 6 heteroatoms. The number of nitrogens with zero attached hydrogens (tertiary/aromatic N) is 3. The summed E-state index contributed by atoms with van der Waals surface area (Å²) in [6, 6.07) is 0.246. The predicted octanol–water partition coefficient (Wildman–Crippen LogP) is 1.49. The maximum Gasteiger partial charge on any atom is 0.257 e. The van der Waals surface area contributed by atoms with Gasteiger partial charge in [-0.05, 0) is 19.8 Å². The molecule has 0 atom stereocenters. The van der Waals surface area contributed by atoms with Gasteiger partial charge in [0.05, 0.1) is 24.5 Å². The van der Waals surface area contributed by atoms with Crippen molar-refractivity contribution in [2.24, 2.45) is 7.05 Å². The number of aromatic nitrogens is 2. The minimum Gasteiger partial charge on any atom is -0.348 e. The van der Waals surface area contributed by atoms with Crippen molar-refractivity contribution >= 4 is 5.91 Å². The van der Waals surface area contributed by atoms with E-state index in [1.807, 2.05) is 25.9 Å². The molecule has 3 rings (SSSR count). The molecule has 0 bridgehead atoms. The Bertz CT molecular complexity index is 524. The fourth-order valence-corrected chi connectivity index (χ4v) is 3.38. The molecule has 1 saturated carbocycles. The predicted molar refractivity (Wildman–Crippen MR) is 76.9 cm³/mol. The summed E-state index contributed by atoms with van der Waals surface area (Å²) in [4.78, 5) is 14.5. The number of hydrogen-bond donors (Lipinski definition) is 0. The Morgan fingerprint density at radius 2 is 2.00 bits per heavy atom. The first kappa shape index (κ1) is 14.5. The summed E-state index contributed by atoms with van der Waals surface area (Å²) in [5, 5.41) is 4.25. The minimum atomic E-state index is -0.370. The zero-order valence-corrected chi connectivity index (χ0v) is 13.0. The highest BCUT2D eigenvalue weighted by Crippen LogP contribution is 2.37. The van der Waals surface area contributed by atoms with Crippen molar-refractivity contribution in [2.75, 3.05) is 20.3 Å². The van der Waals surface area contributed by atoms with Gasteiger partial charge in [-0.2, -0.15) is 5.10 Å². The van der Waals surface area contributed by atoms with E-state index in [1.54, 1.807) is 10.9 Å². The lowest BCUT2D eigenvalue weighted by atomic mass is 9.89.